The maximum absolute atomic E-state index is 11.7. The molecule has 114 valence electrons. The van der Waals surface area contributed by atoms with Crippen LogP contribution in [0.1, 0.15) is 44.1 Å². The molecule has 0 spiro atoms. The van der Waals surface area contributed by atoms with E-state index in [1.807, 2.05) is 18.2 Å². The smallest absolute Gasteiger partial charge is 0.303 e. The predicted octanol–water partition coefficient (Wildman–Crippen LogP) is 2.77. The summed E-state index contributed by atoms with van der Waals surface area (Å²) >= 11 is 0. The van der Waals surface area contributed by atoms with Crippen LogP contribution in [0.4, 0.5) is 0 Å². The third-order valence-electron chi connectivity index (χ3n) is 4.31. The first-order valence-electron chi connectivity index (χ1n) is 7.62. The molecule has 2 N–H and O–H groups in total. The maximum Gasteiger partial charge on any atom is 0.303 e. The van der Waals surface area contributed by atoms with Gasteiger partial charge in [0.15, 0.2) is 0 Å². The lowest BCUT2D eigenvalue weighted by molar-refractivity contribution is -0.138. The first-order valence-corrected chi connectivity index (χ1v) is 7.62. The van der Waals surface area contributed by atoms with Crippen molar-refractivity contribution in [3.05, 3.63) is 35.9 Å². The standard InChI is InChI=1S/C17H23NO3/c19-15(8-9-16(20)21)18-13-17(10-4-5-11-17)12-14-6-2-1-3-7-14/h1-3,6-7H,4-5,8-13H2,(H,18,19)(H,20,21). The zero-order valence-electron chi connectivity index (χ0n) is 12.3. The summed E-state index contributed by atoms with van der Waals surface area (Å²) < 4.78 is 0. The minimum atomic E-state index is -0.926. The first-order chi connectivity index (χ1) is 10.1. The van der Waals surface area contributed by atoms with Crippen molar-refractivity contribution in [1.29, 1.82) is 0 Å². The van der Waals surface area contributed by atoms with Crippen molar-refractivity contribution < 1.29 is 14.7 Å². The summed E-state index contributed by atoms with van der Waals surface area (Å²) in [6.07, 6.45) is 5.61. The topological polar surface area (TPSA) is 66.4 Å². The molecule has 1 saturated carbocycles. The van der Waals surface area contributed by atoms with Crippen molar-refractivity contribution in [3.8, 4) is 0 Å². The number of hydrogen-bond acceptors (Lipinski definition) is 2. The zero-order chi connectivity index (χ0) is 15.1. The number of benzene rings is 1. The van der Waals surface area contributed by atoms with Crippen molar-refractivity contribution in [2.75, 3.05) is 6.54 Å². The van der Waals surface area contributed by atoms with Gasteiger partial charge in [-0.25, -0.2) is 0 Å². The highest BCUT2D eigenvalue weighted by Crippen LogP contribution is 2.40. The van der Waals surface area contributed by atoms with Crippen LogP contribution in [-0.2, 0) is 16.0 Å². The van der Waals surface area contributed by atoms with E-state index < -0.39 is 5.97 Å². The predicted molar refractivity (Wildman–Crippen MR) is 80.9 cm³/mol. The molecule has 4 heteroatoms. The SMILES string of the molecule is O=C(O)CCC(=O)NCC1(Cc2ccccc2)CCCC1. The van der Waals surface area contributed by atoms with Gasteiger partial charge >= 0.3 is 5.97 Å². The Morgan fingerprint density at radius 1 is 1.10 bits per heavy atom. The number of nitrogens with one attached hydrogen (secondary N) is 1. The molecule has 21 heavy (non-hydrogen) atoms. The molecule has 0 unspecified atom stereocenters. The minimum absolute atomic E-state index is 0.0662. The van der Waals surface area contributed by atoms with Crippen LogP contribution in [0.15, 0.2) is 30.3 Å². The summed E-state index contributed by atoms with van der Waals surface area (Å²) in [5.74, 6) is -1.08. The number of carboxylic acid groups (broad SMARTS) is 1. The number of aliphatic carboxylic acids is 1. The Labute approximate surface area is 125 Å². The van der Waals surface area contributed by atoms with Gasteiger partial charge in [0.25, 0.3) is 0 Å². The molecule has 4 nitrogen and oxygen atoms in total. The number of amides is 1. The van der Waals surface area contributed by atoms with Crippen molar-refractivity contribution >= 4 is 11.9 Å². The van der Waals surface area contributed by atoms with Crippen LogP contribution in [0.25, 0.3) is 0 Å². The summed E-state index contributed by atoms with van der Waals surface area (Å²) in [7, 11) is 0. The lowest BCUT2D eigenvalue weighted by Crippen LogP contribution is -2.37. The number of carbonyl (C=O) groups excluding carboxylic acids is 1. The van der Waals surface area contributed by atoms with E-state index in [1.165, 1.54) is 18.4 Å². The first kappa shape index (κ1) is 15.5. The molecular weight excluding hydrogens is 266 g/mol. The molecule has 1 aromatic rings. The van der Waals surface area contributed by atoms with Gasteiger partial charge in [-0.1, -0.05) is 43.2 Å². The summed E-state index contributed by atoms with van der Waals surface area (Å²) in [6, 6.07) is 10.4. The van der Waals surface area contributed by atoms with E-state index in [9.17, 15) is 9.59 Å². The van der Waals surface area contributed by atoms with Gasteiger partial charge < -0.3 is 10.4 Å². The third-order valence-corrected chi connectivity index (χ3v) is 4.31. The van der Waals surface area contributed by atoms with Crippen LogP contribution in [0.2, 0.25) is 0 Å². The third kappa shape index (κ3) is 4.88. The fourth-order valence-corrected chi connectivity index (χ4v) is 3.16. The van der Waals surface area contributed by atoms with E-state index in [0.29, 0.717) is 6.54 Å². The number of hydrogen-bond donors (Lipinski definition) is 2. The van der Waals surface area contributed by atoms with E-state index in [4.69, 9.17) is 5.11 Å². The van der Waals surface area contributed by atoms with Crippen LogP contribution in [0.5, 0.6) is 0 Å². The van der Waals surface area contributed by atoms with E-state index in [1.54, 1.807) is 0 Å². The van der Waals surface area contributed by atoms with Crippen molar-refractivity contribution in [1.82, 2.24) is 5.32 Å². The summed E-state index contributed by atoms with van der Waals surface area (Å²) in [6.45, 7) is 0.653. The highest BCUT2D eigenvalue weighted by molar-refractivity contribution is 5.80. The second-order valence-corrected chi connectivity index (χ2v) is 6.04. The van der Waals surface area contributed by atoms with Crippen LogP contribution in [0, 0.1) is 5.41 Å². The quantitative estimate of drug-likeness (QED) is 0.811. The molecule has 2 rings (SSSR count). The summed E-state index contributed by atoms with van der Waals surface area (Å²) in [5, 5.41) is 11.5. The maximum atomic E-state index is 11.7. The van der Waals surface area contributed by atoms with Crippen LogP contribution >= 0.6 is 0 Å². The molecule has 0 aliphatic heterocycles. The molecule has 1 aliphatic carbocycles. The second-order valence-electron chi connectivity index (χ2n) is 6.04. The van der Waals surface area contributed by atoms with Crippen molar-refractivity contribution in [3.63, 3.8) is 0 Å². The molecule has 0 bridgehead atoms. The summed E-state index contributed by atoms with van der Waals surface area (Å²) in [5.41, 5.74) is 1.44. The molecule has 0 saturated heterocycles. The highest BCUT2D eigenvalue weighted by atomic mass is 16.4. The number of carbonyl (C=O) groups is 2. The Balaban J connectivity index is 1.89. The van der Waals surface area contributed by atoms with E-state index in [0.717, 1.165) is 19.3 Å². The highest BCUT2D eigenvalue weighted by Gasteiger charge is 2.34. The van der Waals surface area contributed by atoms with Gasteiger partial charge in [0, 0.05) is 13.0 Å². The van der Waals surface area contributed by atoms with Crippen molar-refractivity contribution in [2.45, 2.75) is 44.9 Å². The average molecular weight is 289 g/mol. The van der Waals surface area contributed by atoms with Gasteiger partial charge in [0.05, 0.1) is 6.42 Å². The molecule has 0 aromatic heterocycles. The van der Waals surface area contributed by atoms with Gasteiger partial charge in [-0.3, -0.25) is 9.59 Å². The van der Waals surface area contributed by atoms with Gasteiger partial charge in [0.2, 0.25) is 5.91 Å². The molecule has 1 aromatic carbocycles. The minimum Gasteiger partial charge on any atom is -0.481 e. The average Bonchev–Trinajstić information content (AvgIpc) is 2.93. The number of rotatable bonds is 7. The number of carboxylic acids is 1. The molecule has 1 amide bonds. The monoisotopic (exact) mass is 289 g/mol. The van der Waals surface area contributed by atoms with Gasteiger partial charge in [0.1, 0.15) is 0 Å². The molecular formula is C17H23NO3. The van der Waals surface area contributed by atoms with E-state index in [2.05, 4.69) is 17.4 Å². The molecule has 1 aliphatic rings. The molecule has 0 atom stereocenters. The Hall–Kier alpha value is -1.84. The summed E-state index contributed by atoms with van der Waals surface area (Å²) in [4.78, 5) is 22.2. The van der Waals surface area contributed by atoms with E-state index >= 15 is 0 Å². The molecule has 0 heterocycles. The Morgan fingerprint density at radius 3 is 2.38 bits per heavy atom. The van der Waals surface area contributed by atoms with Crippen LogP contribution in [-0.4, -0.2) is 23.5 Å². The van der Waals surface area contributed by atoms with E-state index in [-0.39, 0.29) is 24.2 Å². The van der Waals surface area contributed by atoms with Crippen molar-refractivity contribution in [2.24, 2.45) is 5.41 Å². The fraction of sp³-hybridized carbons (Fsp3) is 0.529. The second kappa shape index (κ2) is 7.25. The zero-order valence-corrected chi connectivity index (χ0v) is 12.3. The normalized spacial score (nSPS) is 16.6. The Morgan fingerprint density at radius 2 is 1.76 bits per heavy atom. The van der Waals surface area contributed by atoms with Gasteiger partial charge in [-0.05, 0) is 30.2 Å². The van der Waals surface area contributed by atoms with Crippen LogP contribution in [0.3, 0.4) is 0 Å². The lowest BCUT2D eigenvalue weighted by atomic mass is 9.80. The molecule has 0 radical (unpaired) electrons. The Kier molecular flexibility index (Phi) is 5.37. The fourth-order valence-electron chi connectivity index (χ4n) is 3.16. The van der Waals surface area contributed by atoms with Gasteiger partial charge in [-0.15, -0.1) is 0 Å². The Bertz CT molecular complexity index is 478. The lowest BCUT2D eigenvalue weighted by Gasteiger charge is -2.29. The largest absolute Gasteiger partial charge is 0.481 e. The van der Waals surface area contributed by atoms with Crippen LogP contribution < -0.4 is 5.32 Å². The molecule has 1 fully saturated rings. The van der Waals surface area contributed by atoms with Gasteiger partial charge in [-0.2, -0.15) is 0 Å².